The minimum absolute atomic E-state index is 1.06. The van der Waals surface area contributed by atoms with Crippen LogP contribution in [0, 0.1) is 6.92 Å². The molecule has 0 bridgehead atoms. The van der Waals surface area contributed by atoms with Crippen LogP contribution in [0.25, 0.3) is 0 Å². The molecule has 0 spiro atoms. The van der Waals surface area contributed by atoms with Crippen LogP contribution >= 0.6 is 0 Å². The second-order valence-electron chi connectivity index (χ2n) is 3.40. The van der Waals surface area contributed by atoms with Crippen LogP contribution in [-0.4, -0.2) is 16.3 Å². The number of aryl methyl sites for hydroxylation is 1. The van der Waals surface area contributed by atoms with Gasteiger partial charge in [0.1, 0.15) is 0 Å². The number of unbranched alkanes of at least 4 members (excludes halogenated alkanes) is 2. The Labute approximate surface area is 80.1 Å². The van der Waals surface area contributed by atoms with Crippen molar-refractivity contribution >= 4 is 5.69 Å². The second kappa shape index (κ2) is 4.90. The third-order valence-corrected chi connectivity index (χ3v) is 2.33. The molecule has 1 aromatic rings. The van der Waals surface area contributed by atoms with Gasteiger partial charge in [-0.1, -0.05) is 19.8 Å². The molecule has 0 saturated carbocycles. The SMILES string of the molecule is CCCCCNc1cnn(C)c1C. The number of hydrogen-bond donors (Lipinski definition) is 1. The van der Waals surface area contributed by atoms with Crippen LogP contribution in [0.15, 0.2) is 6.20 Å². The highest BCUT2D eigenvalue weighted by atomic mass is 15.3. The van der Waals surface area contributed by atoms with E-state index in [0.29, 0.717) is 0 Å². The lowest BCUT2D eigenvalue weighted by atomic mass is 10.2. The molecule has 74 valence electrons. The van der Waals surface area contributed by atoms with Gasteiger partial charge < -0.3 is 5.32 Å². The predicted octanol–water partition coefficient (Wildman–Crippen LogP) is 2.33. The van der Waals surface area contributed by atoms with Crippen molar-refractivity contribution in [3.63, 3.8) is 0 Å². The van der Waals surface area contributed by atoms with E-state index in [1.807, 2.05) is 17.9 Å². The summed E-state index contributed by atoms with van der Waals surface area (Å²) in [5, 5.41) is 7.55. The molecule has 0 unspecified atom stereocenters. The number of anilines is 1. The Morgan fingerprint density at radius 1 is 1.46 bits per heavy atom. The molecule has 3 heteroatoms. The minimum atomic E-state index is 1.06. The summed E-state index contributed by atoms with van der Waals surface area (Å²) in [4.78, 5) is 0. The highest BCUT2D eigenvalue weighted by Gasteiger charge is 2.00. The quantitative estimate of drug-likeness (QED) is 0.706. The molecule has 0 amide bonds. The lowest BCUT2D eigenvalue weighted by molar-refractivity contribution is 0.736. The molecule has 1 heterocycles. The van der Waals surface area contributed by atoms with Crippen LogP contribution in [0.4, 0.5) is 5.69 Å². The molecule has 1 rings (SSSR count). The lowest BCUT2D eigenvalue weighted by Gasteiger charge is -2.04. The van der Waals surface area contributed by atoms with E-state index >= 15 is 0 Å². The number of nitrogens with zero attached hydrogens (tertiary/aromatic N) is 2. The van der Waals surface area contributed by atoms with Gasteiger partial charge in [-0.05, 0) is 13.3 Å². The van der Waals surface area contributed by atoms with Gasteiger partial charge in [0.2, 0.25) is 0 Å². The molecular formula is C10H19N3. The van der Waals surface area contributed by atoms with Crippen molar-refractivity contribution in [3.05, 3.63) is 11.9 Å². The zero-order valence-electron chi connectivity index (χ0n) is 8.80. The maximum Gasteiger partial charge on any atom is 0.0756 e. The Morgan fingerprint density at radius 3 is 2.77 bits per heavy atom. The van der Waals surface area contributed by atoms with Gasteiger partial charge in [0, 0.05) is 13.6 Å². The number of nitrogens with one attached hydrogen (secondary N) is 1. The van der Waals surface area contributed by atoms with Crippen LogP contribution in [0.2, 0.25) is 0 Å². The van der Waals surface area contributed by atoms with Gasteiger partial charge in [-0.3, -0.25) is 4.68 Å². The molecule has 1 aromatic heterocycles. The molecule has 13 heavy (non-hydrogen) atoms. The first-order valence-corrected chi connectivity index (χ1v) is 4.98. The topological polar surface area (TPSA) is 29.9 Å². The van der Waals surface area contributed by atoms with Crippen molar-refractivity contribution in [3.8, 4) is 0 Å². The summed E-state index contributed by atoms with van der Waals surface area (Å²) < 4.78 is 1.89. The molecule has 0 aliphatic heterocycles. The monoisotopic (exact) mass is 181 g/mol. The fourth-order valence-corrected chi connectivity index (χ4v) is 1.27. The fourth-order valence-electron chi connectivity index (χ4n) is 1.27. The average molecular weight is 181 g/mol. The van der Waals surface area contributed by atoms with Crippen molar-refractivity contribution in [2.75, 3.05) is 11.9 Å². The van der Waals surface area contributed by atoms with Gasteiger partial charge in [0.05, 0.1) is 17.6 Å². The largest absolute Gasteiger partial charge is 0.382 e. The van der Waals surface area contributed by atoms with Crippen molar-refractivity contribution in [2.45, 2.75) is 33.1 Å². The molecule has 1 N–H and O–H groups in total. The van der Waals surface area contributed by atoms with Crippen LogP contribution in [0.1, 0.15) is 31.9 Å². The summed E-state index contributed by atoms with van der Waals surface area (Å²) in [6.07, 6.45) is 5.70. The number of rotatable bonds is 5. The maximum atomic E-state index is 4.17. The minimum Gasteiger partial charge on any atom is -0.382 e. The van der Waals surface area contributed by atoms with E-state index in [2.05, 4.69) is 24.3 Å². The van der Waals surface area contributed by atoms with E-state index in [9.17, 15) is 0 Å². The first kappa shape index (κ1) is 10.1. The molecule has 3 nitrogen and oxygen atoms in total. The predicted molar refractivity (Wildman–Crippen MR) is 56.0 cm³/mol. The van der Waals surface area contributed by atoms with Crippen LogP contribution in [-0.2, 0) is 7.05 Å². The van der Waals surface area contributed by atoms with Crippen LogP contribution < -0.4 is 5.32 Å². The van der Waals surface area contributed by atoms with Crippen LogP contribution in [0.5, 0.6) is 0 Å². The standard InChI is InChI=1S/C10H19N3/c1-4-5-6-7-11-10-8-12-13(3)9(10)2/h8,11H,4-7H2,1-3H3. The third-order valence-electron chi connectivity index (χ3n) is 2.33. The Bertz CT molecular complexity index is 253. The summed E-state index contributed by atoms with van der Waals surface area (Å²) in [6, 6.07) is 0. The Morgan fingerprint density at radius 2 is 2.23 bits per heavy atom. The number of aromatic nitrogens is 2. The molecule has 0 aliphatic carbocycles. The van der Waals surface area contributed by atoms with Gasteiger partial charge in [-0.25, -0.2) is 0 Å². The highest BCUT2D eigenvalue weighted by molar-refractivity contribution is 5.45. The van der Waals surface area contributed by atoms with E-state index in [1.165, 1.54) is 30.6 Å². The Kier molecular flexibility index (Phi) is 3.80. The molecule has 0 saturated heterocycles. The molecule has 0 fully saturated rings. The van der Waals surface area contributed by atoms with Gasteiger partial charge in [0.25, 0.3) is 0 Å². The van der Waals surface area contributed by atoms with E-state index in [4.69, 9.17) is 0 Å². The first-order chi connectivity index (χ1) is 6.25. The molecule has 0 radical (unpaired) electrons. The van der Waals surface area contributed by atoms with Gasteiger partial charge in [-0.15, -0.1) is 0 Å². The van der Waals surface area contributed by atoms with E-state index in [0.717, 1.165) is 6.54 Å². The van der Waals surface area contributed by atoms with Gasteiger partial charge in [0.15, 0.2) is 0 Å². The van der Waals surface area contributed by atoms with E-state index in [1.54, 1.807) is 0 Å². The van der Waals surface area contributed by atoms with Gasteiger partial charge in [-0.2, -0.15) is 5.10 Å². The Balaban J connectivity index is 2.32. The summed E-state index contributed by atoms with van der Waals surface area (Å²) in [5.74, 6) is 0. The van der Waals surface area contributed by atoms with Crippen molar-refractivity contribution < 1.29 is 0 Å². The molecular weight excluding hydrogens is 162 g/mol. The van der Waals surface area contributed by atoms with Crippen molar-refractivity contribution in [1.82, 2.24) is 9.78 Å². The summed E-state index contributed by atoms with van der Waals surface area (Å²) >= 11 is 0. The number of hydrogen-bond acceptors (Lipinski definition) is 2. The maximum absolute atomic E-state index is 4.17. The van der Waals surface area contributed by atoms with E-state index < -0.39 is 0 Å². The second-order valence-corrected chi connectivity index (χ2v) is 3.40. The summed E-state index contributed by atoms with van der Waals surface area (Å²) in [6.45, 7) is 5.35. The average Bonchev–Trinajstić information content (AvgIpc) is 2.43. The molecule has 0 aliphatic rings. The van der Waals surface area contributed by atoms with E-state index in [-0.39, 0.29) is 0 Å². The zero-order valence-corrected chi connectivity index (χ0v) is 8.80. The van der Waals surface area contributed by atoms with Crippen molar-refractivity contribution in [1.29, 1.82) is 0 Å². The van der Waals surface area contributed by atoms with Gasteiger partial charge >= 0.3 is 0 Å². The summed E-state index contributed by atoms with van der Waals surface area (Å²) in [5.41, 5.74) is 2.37. The third kappa shape index (κ3) is 2.76. The highest BCUT2D eigenvalue weighted by Crippen LogP contribution is 2.11. The molecule has 0 atom stereocenters. The fraction of sp³-hybridized carbons (Fsp3) is 0.700. The first-order valence-electron chi connectivity index (χ1n) is 4.98. The zero-order chi connectivity index (χ0) is 9.68. The van der Waals surface area contributed by atoms with Crippen molar-refractivity contribution in [2.24, 2.45) is 7.05 Å². The summed E-state index contributed by atoms with van der Waals surface area (Å²) in [7, 11) is 1.96. The normalized spacial score (nSPS) is 10.4. The lowest BCUT2D eigenvalue weighted by Crippen LogP contribution is -2.02. The van der Waals surface area contributed by atoms with Crippen LogP contribution in [0.3, 0.4) is 0 Å². The Hall–Kier alpha value is -0.990. The smallest absolute Gasteiger partial charge is 0.0756 e. The molecule has 0 aromatic carbocycles.